The summed E-state index contributed by atoms with van der Waals surface area (Å²) in [5.41, 5.74) is 1.40. The molecule has 0 radical (unpaired) electrons. The number of carbonyl (C=O) groups excluding carboxylic acids is 1. The largest absolute Gasteiger partial charge is 0.342 e. The van der Waals surface area contributed by atoms with Crippen LogP contribution < -0.4 is 5.14 Å². The van der Waals surface area contributed by atoms with Gasteiger partial charge in [-0.15, -0.1) is 0 Å². The van der Waals surface area contributed by atoms with Gasteiger partial charge in [-0.3, -0.25) is 4.79 Å². The first-order valence-electron chi connectivity index (χ1n) is 8.29. The number of hydrogen-bond donors (Lipinski definition) is 1. The number of fused-ring (bicyclic) bond motifs is 1. The molecule has 7 nitrogen and oxygen atoms in total. The molecule has 2 N–H and O–H groups in total. The highest BCUT2D eigenvalue weighted by molar-refractivity contribution is 8.00. The van der Waals surface area contributed by atoms with Crippen LogP contribution in [-0.4, -0.2) is 47.1 Å². The summed E-state index contributed by atoms with van der Waals surface area (Å²) in [4.78, 5) is 19.0. The third-order valence-electron chi connectivity index (χ3n) is 4.38. The van der Waals surface area contributed by atoms with Crippen LogP contribution in [0.15, 0.2) is 28.3 Å². The van der Waals surface area contributed by atoms with Crippen LogP contribution in [0.3, 0.4) is 0 Å². The van der Waals surface area contributed by atoms with Crippen molar-refractivity contribution in [2.24, 2.45) is 5.14 Å². The normalized spacial score (nSPS) is 16.5. The number of nitrogens with zero attached hydrogens (tertiary/aromatic N) is 3. The number of rotatable bonds is 5. The number of thioether (sulfide) groups is 1. The van der Waals surface area contributed by atoms with Crippen LogP contribution in [0, 0.1) is 0 Å². The minimum Gasteiger partial charge on any atom is -0.342 e. The van der Waals surface area contributed by atoms with Gasteiger partial charge in [0.1, 0.15) is 0 Å². The van der Waals surface area contributed by atoms with Crippen LogP contribution in [0.4, 0.5) is 0 Å². The van der Waals surface area contributed by atoms with E-state index in [-0.39, 0.29) is 16.1 Å². The number of imidazole rings is 1. The molecule has 9 heteroatoms. The van der Waals surface area contributed by atoms with E-state index in [1.807, 2.05) is 23.3 Å². The SMILES string of the molecule is CCn1c(S[C@H](C)C(=O)N2CCCC2)nc2cc(S(N)(=O)=O)ccc21. The molecule has 1 fully saturated rings. The molecule has 1 atom stereocenters. The molecule has 1 aliphatic rings. The Morgan fingerprint density at radius 2 is 2.04 bits per heavy atom. The van der Waals surface area contributed by atoms with E-state index in [2.05, 4.69) is 4.98 Å². The van der Waals surface area contributed by atoms with Gasteiger partial charge in [-0.1, -0.05) is 11.8 Å². The van der Waals surface area contributed by atoms with Gasteiger partial charge < -0.3 is 9.47 Å². The molecule has 0 spiro atoms. The summed E-state index contributed by atoms with van der Waals surface area (Å²) in [6.45, 7) is 6.21. The first-order chi connectivity index (χ1) is 11.8. The molecule has 3 rings (SSSR count). The Bertz CT molecular complexity index is 901. The third-order valence-corrected chi connectivity index (χ3v) is 6.37. The molecule has 25 heavy (non-hydrogen) atoms. The number of aromatic nitrogens is 2. The van der Waals surface area contributed by atoms with Crippen LogP contribution in [0.2, 0.25) is 0 Å². The second-order valence-electron chi connectivity index (χ2n) is 6.13. The Kier molecular flexibility index (Phi) is 5.08. The molecule has 0 saturated carbocycles. The highest BCUT2D eigenvalue weighted by atomic mass is 32.2. The van der Waals surface area contributed by atoms with Gasteiger partial charge in [-0.05, 0) is 44.9 Å². The van der Waals surface area contributed by atoms with Gasteiger partial charge in [0, 0.05) is 19.6 Å². The van der Waals surface area contributed by atoms with Crippen molar-refractivity contribution in [2.75, 3.05) is 13.1 Å². The smallest absolute Gasteiger partial charge is 0.238 e. The lowest BCUT2D eigenvalue weighted by Crippen LogP contribution is -2.34. The third kappa shape index (κ3) is 3.68. The number of amides is 1. The monoisotopic (exact) mass is 382 g/mol. The number of sulfonamides is 1. The molecular formula is C16H22N4O3S2. The Morgan fingerprint density at radius 3 is 2.64 bits per heavy atom. The van der Waals surface area contributed by atoms with Gasteiger partial charge in [-0.25, -0.2) is 18.5 Å². The van der Waals surface area contributed by atoms with E-state index in [9.17, 15) is 13.2 Å². The van der Waals surface area contributed by atoms with Crippen LogP contribution in [-0.2, 0) is 21.4 Å². The van der Waals surface area contributed by atoms with Crippen molar-refractivity contribution in [3.8, 4) is 0 Å². The van der Waals surface area contributed by atoms with Gasteiger partial charge in [0.25, 0.3) is 0 Å². The first-order valence-corrected chi connectivity index (χ1v) is 10.7. The van der Waals surface area contributed by atoms with Gasteiger partial charge in [0.2, 0.25) is 15.9 Å². The lowest BCUT2D eigenvalue weighted by atomic mass is 10.3. The molecule has 1 aromatic heterocycles. The molecular weight excluding hydrogens is 360 g/mol. The van der Waals surface area contributed by atoms with Crippen molar-refractivity contribution in [1.29, 1.82) is 0 Å². The molecule has 1 aromatic carbocycles. The topological polar surface area (TPSA) is 98.3 Å². The van der Waals surface area contributed by atoms with E-state index in [4.69, 9.17) is 5.14 Å². The van der Waals surface area contributed by atoms with Gasteiger partial charge >= 0.3 is 0 Å². The Balaban J connectivity index is 1.91. The fourth-order valence-electron chi connectivity index (χ4n) is 3.06. The molecule has 1 amide bonds. The standard InChI is InChI=1S/C16H22N4O3S2/c1-3-20-14-7-6-12(25(17,22)23)10-13(14)18-16(20)24-11(2)15(21)19-8-4-5-9-19/h6-7,10-11H,3-5,8-9H2,1-2H3,(H2,17,22,23)/t11-/m1/s1. The van der Waals surface area contributed by atoms with Crippen molar-refractivity contribution in [1.82, 2.24) is 14.5 Å². The molecule has 2 aromatic rings. The van der Waals surface area contributed by atoms with E-state index >= 15 is 0 Å². The summed E-state index contributed by atoms with van der Waals surface area (Å²) in [6, 6.07) is 4.68. The van der Waals surface area contributed by atoms with Crippen molar-refractivity contribution in [3.63, 3.8) is 0 Å². The summed E-state index contributed by atoms with van der Waals surface area (Å²) in [5, 5.41) is 5.67. The van der Waals surface area contributed by atoms with Gasteiger partial charge in [-0.2, -0.15) is 0 Å². The summed E-state index contributed by atoms with van der Waals surface area (Å²) in [6.07, 6.45) is 2.12. The molecule has 1 saturated heterocycles. The minimum absolute atomic E-state index is 0.0403. The van der Waals surface area contributed by atoms with Gasteiger partial charge in [0.15, 0.2) is 5.16 Å². The van der Waals surface area contributed by atoms with Crippen molar-refractivity contribution >= 4 is 38.7 Å². The quantitative estimate of drug-likeness (QED) is 0.795. The fourth-order valence-corrected chi connectivity index (χ4v) is 4.67. The van der Waals surface area contributed by atoms with E-state index in [0.29, 0.717) is 17.2 Å². The van der Waals surface area contributed by atoms with Crippen molar-refractivity contribution < 1.29 is 13.2 Å². The maximum atomic E-state index is 12.5. The average molecular weight is 383 g/mol. The first kappa shape index (κ1) is 18.2. The lowest BCUT2D eigenvalue weighted by Gasteiger charge is -2.19. The highest BCUT2D eigenvalue weighted by Gasteiger charge is 2.26. The van der Waals surface area contributed by atoms with E-state index < -0.39 is 10.0 Å². The van der Waals surface area contributed by atoms with Crippen molar-refractivity contribution in [2.45, 2.75) is 48.5 Å². The Labute approximate surface area is 151 Å². The number of carbonyl (C=O) groups is 1. The summed E-state index contributed by atoms with van der Waals surface area (Å²) < 4.78 is 25.1. The molecule has 2 heterocycles. The maximum absolute atomic E-state index is 12.5. The number of primary sulfonamides is 1. The molecule has 0 aliphatic carbocycles. The highest BCUT2D eigenvalue weighted by Crippen LogP contribution is 2.29. The minimum atomic E-state index is -3.77. The average Bonchev–Trinajstić information content (AvgIpc) is 3.19. The molecule has 1 aliphatic heterocycles. The Morgan fingerprint density at radius 1 is 1.36 bits per heavy atom. The summed E-state index contributed by atoms with van der Waals surface area (Å²) >= 11 is 1.41. The van der Waals surface area contributed by atoms with Crippen LogP contribution in [0.1, 0.15) is 26.7 Å². The molecule has 0 unspecified atom stereocenters. The zero-order chi connectivity index (χ0) is 18.2. The van der Waals surface area contributed by atoms with Crippen LogP contribution in [0.25, 0.3) is 11.0 Å². The predicted molar refractivity (Wildman–Crippen MR) is 97.9 cm³/mol. The number of benzene rings is 1. The summed E-state index contributed by atoms with van der Waals surface area (Å²) in [5.74, 6) is 0.127. The zero-order valence-electron chi connectivity index (χ0n) is 14.3. The maximum Gasteiger partial charge on any atom is 0.238 e. The van der Waals surface area contributed by atoms with Gasteiger partial charge in [0.05, 0.1) is 21.2 Å². The number of nitrogens with two attached hydrogens (primary N) is 1. The molecule has 136 valence electrons. The second-order valence-corrected chi connectivity index (χ2v) is 9.00. The van der Waals surface area contributed by atoms with Crippen LogP contribution in [0.5, 0.6) is 0 Å². The summed E-state index contributed by atoms with van der Waals surface area (Å²) in [7, 11) is -3.77. The van der Waals surface area contributed by atoms with E-state index in [0.717, 1.165) is 31.4 Å². The predicted octanol–water partition coefficient (Wildman–Crippen LogP) is 1.81. The Hall–Kier alpha value is -1.58. The van der Waals surface area contributed by atoms with E-state index in [1.54, 1.807) is 6.07 Å². The fraction of sp³-hybridized carbons (Fsp3) is 0.500. The van der Waals surface area contributed by atoms with E-state index in [1.165, 1.54) is 23.9 Å². The van der Waals surface area contributed by atoms with Crippen molar-refractivity contribution in [3.05, 3.63) is 18.2 Å². The molecule has 0 bridgehead atoms. The lowest BCUT2D eigenvalue weighted by molar-refractivity contribution is -0.129. The number of hydrogen-bond acceptors (Lipinski definition) is 5. The number of likely N-dealkylation sites (tertiary alicyclic amines) is 1. The zero-order valence-corrected chi connectivity index (χ0v) is 15.9. The number of aryl methyl sites for hydroxylation is 1. The second kappa shape index (κ2) is 6.97. The van der Waals surface area contributed by atoms with Crippen LogP contribution >= 0.6 is 11.8 Å².